The number of amides is 2. The summed E-state index contributed by atoms with van der Waals surface area (Å²) < 4.78 is 27.4. The molecule has 0 saturated carbocycles. The summed E-state index contributed by atoms with van der Waals surface area (Å²) in [6, 6.07) is 12.9. The van der Waals surface area contributed by atoms with E-state index < -0.39 is 22.0 Å². The molecule has 0 heterocycles. The molecular weight excluding hydrogens is 426 g/mol. The Labute approximate surface area is 191 Å². The molecule has 32 heavy (non-hydrogen) atoms. The van der Waals surface area contributed by atoms with Crippen LogP contribution < -0.4 is 10.6 Å². The summed E-state index contributed by atoms with van der Waals surface area (Å²) in [5, 5.41) is 5.58. The fraction of sp³-hybridized carbons (Fsp3) is 0.417. The molecule has 2 aromatic rings. The van der Waals surface area contributed by atoms with E-state index in [2.05, 4.69) is 10.6 Å². The molecule has 0 aliphatic rings. The third-order valence-corrected chi connectivity index (χ3v) is 7.26. The van der Waals surface area contributed by atoms with Crippen LogP contribution in [0.2, 0.25) is 0 Å². The second-order valence-corrected chi connectivity index (χ2v) is 9.97. The highest BCUT2D eigenvalue weighted by Gasteiger charge is 2.26. The van der Waals surface area contributed by atoms with E-state index in [1.165, 1.54) is 10.4 Å². The second kappa shape index (κ2) is 11.2. The molecule has 0 aliphatic heterocycles. The van der Waals surface area contributed by atoms with Crippen LogP contribution in [-0.2, 0) is 19.6 Å². The number of rotatable bonds is 10. The first-order chi connectivity index (χ1) is 15.1. The minimum atomic E-state index is -3.68. The third-order valence-electron chi connectivity index (χ3n) is 5.07. The molecule has 7 nitrogen and oxygen atoms in total. The predicted molar refractivity (Wildman–Crippen MR) is 127 cm³/mol. The van der Waals surface area contributed by atoms with Crippen LogP contribution in [0.5, 0.6) is 0 Å². The maximum absolute atomic E-state index is 13.1. The summed E-state index contributed by atoms with van der Waals surface area (Å²) in [6.45, 7) is 9.86. The number of carbonyl (C=O) groups is 2. The van der Waals surface area contributed by atoms with Gasteiger partial charge in [0.15, 0.2) is 0 Å². The first-order valence-corrected chi connectivity index (χ1v) is 12.3. The van der Waals surface area contributed by atoms with Crippen molar-refractivity contribution < 1.29 is 18.0 Å². The average molecular weight is 460 g/mol. The number of aryl methyl sites for hydroxylation is 1. The summed E-state index contributed by atoms with van der Waals surface area (Å²) >= 11 is 0. The van der Waals surface area contributed by atoms with E-state index >= 15 is 0 Å². The number of hydrogen-bond donors (Lipinski definition) is 2. The number of hydrogen-bond acceptors (Lipinski definition) is 4. The molecule has 0 fully saturated rings. The molecule has 0 saturated heterocycles. The molecule has 2 amide bonds. The van der Waals surface area contributed by atoms with Crippen LogP contribution in [0.15, 0.2) is 53.4 Å². The summed E-state index contributed by atoms with van der Waals surface area (Å²) in [4.78, 5) is 25.7. The number of nitrogens with zero attached hydrogens (tertiary/aromatic N) is 1. The first kappa shape index (κ1) is 25.5. The van der Waals surface area contributed by atoms with Crippen molar-refractivity contribution in [1.29, 1.82) is 0 Å². The summed E-state index contributed by atoms with van der Waals surface area (Å²) in [5.41, 5.74) is 1.59. The Kier molecular flexibility index (Phi) is 8.98. The van der Waals surface area contributed by atoms with Gasteiger partial charge in [-0.3, -0.25) is 9.59 Å². The van der Waals surface area contributed by atoms with E-state index in [9.17, 15) is 18.0 Å². The van der Waals surface area contributed by atoms with Gasteiger partial charge in [-0.1, -0.05) is 64.1 Å². The lowest BCUT2D eigenvalue weighted by Crippen LogP contribution is -2.37. The van der Waals surface area contributed by atoms with Gasteiger partial charge in [0, 0.05) is 25.2 Å². The van der Waals surface area contributed by atoms with E-state index in [0.29, 0.717) is 36.3 Å². The van der Waals surface area contributed by atoms with Gasteiger partial charge in [-0.2, -0.15) is 4.31 Å². The monoisotopic (exact) mass is 459 g/mol. The lowest BCUT2D eigenvalue weighted by atomic mass is 10.0. The summed E-state index contributed by atoms with van der Waals surface area (Å²) in [6.07, 6.45) is 0.299. The van der Waals surface area contributed by atoms with Crippen LogP contribution in [0, 0.1) is 12.8 Å². The van der Waals surface area contributed by atoms with E-state index in [4.69, 9.17) is 0 Å². The van der Waals surface area contributed by atoms with Crippen LogP contribution in [0.25, 0.3) is 0 Å². The van der Waals surface area contributed by atoms with Gasteiger partial charge >= 0.3 is 0 Å². The molecule has 8 heteroatoms. The Bertz CT molecular complexity index is 1030. The maximum atomic E-state index is 13.1. The Morgan fingerprint density at radius 3 is 2.19 bits per heavy atom. The van der Waals surface area contributed by atoms with Gasteiger partial charge in [0.1, 0.15) is 6.04 Å². The van der Waals surface area contributed by atoms with E-state index in [-0.39, 0.29) is 16.7 Å². The molecule has 0 aliphatic carbocycles. The van der Waals surface area contributed by atoms with Crippen molar-refractivity contribution in [2.24, 2.45) is 5.92 Å². The zero-order chi connectivity index (χ0) is 23.9. The first-order valence-electron chi connectivity index (χ1n) is 10.9. The highest BCUT2D eigenvalue weighted by Crippen LogP contribution is 2.25. The molecule has 0 radical (unpaired) electrons. The lowest BCUT2D eigenvalue weighted by molar-refractivity contribution is -0.127. The zero-order valence-electron chi connectivity index (χ0n) is 19.4. The third kappa shape index (κ3) is 6.40. The Balaban J connectivity index is 2.34. The topological polar surface area (TPSA) is 95.6 Å². The largest absolute Gasteiger partial charge is 0.341 e. The number of sulfonamides is 1. The van der Waals surface area contributed by atoms with Crippen molar-refractivity contribution in [2.75, 3.05) is 18.4 Å². The highest BCUT2D eigenvalue weighted by molar-refractivity contribution is 7.89. The minimum Gasteiger partial charge on any atom is -0.341 e. The average Bonchev–Trinajstić information content (AvgIpc) is 2.74. The number of nitrogens with one attached hydrogen (secondary N) is 2. The van der Waals surface area contributed by atoms with Crippen molar-refractivity contribution in [3.8, 4) is 0 Å². The molecule has 174 valence electrons. The lowest BCUT2D eigenvalue weighted by Gasteiger charge is -2.22. The van der Waals surface area contributed by atoms with Crippen molar-refractivity contribution in [2.45, 2.75) is 52.0 Å². The van der Waals surface area contributed by atoms with E-state index in [1.54, 1.807) is 57.2 Å². The van der Waals surface area contributed by atoms with Crippen LogP contribution in [0.1, 0.15) is 51.3 Å². The highest BCUT2D eigenvalue weighted by atomic mass is 32.2. The van der Waals surface area contributed by atoms with Gasteiger partial charge in [0.2, 0.25) is 15.9 Å². The number of anilines is 1. The fourth-order valence-corrected chi connectivity index (χ4v) is 5.12. The second-order valence-electron chi connectivity index (χ2n) is 8.07. The zero-order valence-corrected chi connectivity index (χ0v) is 20.2. The van der Waals surface area contributed by atoms with Gasteiger partial charge in [0.05, 0.1) is 4.90 Å². The van der Waals surface area contributed by atoms with E-state index in [0.717, 1.165) is 0 Å². The SMILES string of the molecule is CCN(CC)S(=O)(=O)c1cc(NC(=O)C(NC(=O)CC(C)C)c2ccccc2)ccc1C. The number of carbonyl (C=O) groups excluding carboxylic acids is 2. The fourth-order valence-electron chi connectivity index (χ4n) is 3.41. The van der Waals surface area contributed by atoms with Gasteiger partial charge < -0.3 is 10.6 Å². The molecule has 1 atom stereocenters. The number of benzene rings is 2. The van der Waals surface area contributed by atoms with Crippen LogP contribution in [0.4, 0.5) is 5.69 Å². The molecule has 0 aromatic heterocycles. The van der Waals surface area contributed by atoms with Gasteiger partial charge in [-0.25, -0.2) is 8.42 Å². The molecule has 1 unspecified atom stereocenters. The van der Waals surface area contributed by atoms with Crippen molar-refractivity contribution in [1.82, 2.24) is 9.62 Å². The Morgan fingerprint density at radius 1 is 1.00 bits per heavy atom. The quantitative estimate of drug-likeness (QED) is 0.564. The molecule has 2 rings (SSSR count). The molecule has 0 bridgehead atoms. The van der Waals surface area contributed by atoms with Crippen LogP contribution >= 0.6 is 0 Å². The van der Waals surface area contributed by atoms with Crippen molar-refractivity contribution in [3.63, 3.8) is 0 Å². The molecular formula is C24H33N3O4S. The Morgan fingerprint density at radius 2 is 1.62 bits per heavy atom. The minimum absolute atomic E-state index is 0.152. The smallest absolute Gasteiger partial charge is 0.251 e. The van der Waals surface area contributed by atoms with Gasteiger partial charge in [-0.05, 0) is 36.1 Å². The van der Waals surface area contributed by atoms with Crippen LogP contribution in [0.3, 0.4) is 0 Å². The Hall–Kier alpha value is -2.71. The molecule has 0 spiro atoms. The van der Waals surface area contributed by atoms with Gasteiger partial charge in [0.25, 0.3) is 5.91 Å². The molecule has 2 N–H and O–H groups in total. The summed E-state index contributed by atoms with van der Waals surface area (Å²) in [7, 11) is -3.68. The standard InChI is InChI=1S/C24H33N3O4S/c1-6-27(7-2)32(30,31)21-16-20(14-13-18(21)5)25-24(29)23(19-11-9-8-10-12-19)26-22(28)15-17(3)4/h8-14,16-17,23H,6-7,15H2,1-5H3,(H,25,29)(H,26,28). The summed E-state index contributed by atoms with van der Waals surface area (Å²) in [5.74, 6) is -0.513. The molecule has 2 aromatic carbocycles. The maximum Gasteiger partial charge on any atom is 0.251 e. The normalized spacial score (nSPS) is 12.6. The van der Waals surface area contributed by atoms with Gasteiger partial charge in [-0.15, -0.1) is 0 Å². The van der Waals surface area contributed by atoms with Crippen molar-refractivity contribution in [3.05, 3.63) is 59.7 Å². The predicted octanol–water partition coefficient (Wildman–Crippen LogP) is 3.87. The van der Waals surface area contributed by atoms with Crippen molar-refractivity contribution >= 4 is 27.5 Å². The van der Waals surface area contributed by atoms with E-state index in [1.807, 2.05) is 19.9 Å². The van der Waals surface area contributed by atoms with Crippen LogP contribution in [-0.4, -0.2) is 37.6 Å².